The number of benzene rings is 4. The molecule has 0 aliphatic carbocycles. The second kappa shape index (κ2) is 9.67. The zero-order valence-corrected chi connectivity index (χ0v) is 20.4. The highest BCUT2D eigenvalue weighted by molar-refractivity contribution is 6.06. The first-order valence-electron chi connectivity index (χ1n) is 12.2. The number of aryl methyl sites for hydroxylation is 1. The highest BCUT2D eigenvalue weighted by Crippen LogP contribution is 2.25. The summed E-state index contributed by atoms with van der Waals surface area (Å²) in [7, 11) is 0. The molecule has 0 atom stereocenters. The fraction of sp³-hybridized carbons (Fsp3) is 0.0606. The summed E-state index contributed by atoms with van der Waals surface area (Å²) in [4.78, 5) is 21.8. The van der Waals surface area contributed by atoms with Crippen LogP contribution in [0.5, 0.6) is 0 Å². The second-order valence-corrected chi connectivity index (χ2v) is 9.10. The molecule has 6 aromatic rings. The van der Waals surface area contributed by atoms with Crippen LogP contribution in [0.1, 0.15) is 32.9 Å². The first-order valence-corrected chi connectivity index (χ1v) is 12.2. The minimum atomic E-state index is -0.346. The van der Waals surface area contributed by atoms with Gasteiger partial charge in [0.2, 0.25) is 0 Å². The minimum absolute atomic E-state index is 0.215. The molecule has 37 heavy (non-hydrogen) atoms. The summed E-state index contributed by atoms with van der Waals surface area (Å²) in [5.74, 6) is -0.346. The number of esters is 1. The standard InChI is InChI=1S/C33H24N2O2/c1-22-6-12-26-20-27(14-18-31(26)34-22)33(36)37-21-24-9-7-23(8-10-24)11-15-28-16-17-30-29-5-3-2-4-25(29)13-19-32(30)35-28/h2-20H,21H2,1H3/b15-11+. The number of rotatable bonds is 5. The molecule has 0 saturated heterocycles. The molecule has 0 bridgehead atoms. The Labute approximate surface area is 214 Å². The van der Waals surface area contributed by atoms with Gasteiger partial charge in [-0.3, -0.25) is 4.98 Å². The molecular weight excluding hydrogens is 456 g/mol. The number of hydrogen-bond donors (Lipinski definition) is 0. The normalized spacial score (nSPS) is 11.5. The Bertz CT molecular complexity index is 1800. The highest BCUT2D eigenvalue weighted by atomic mass is 16.5. The lowest BCUT2D eigenvalue weighted by Crippen LogP contribution is -2.05. The zero-order chi connectivity index (χ0) is 25.2. The van der Waals surface area contributed by atoms with E-state index in [0.29, 0.717) is 5.56 Å². The molecule has 0 fully saturated rings. The Morgan fingerprint density at radius 2 is 1.54 bits per heavy atom. The summed E-state index contributed by atoms with van der Waals surface area (Å²) in [6.07, 6.45) is 4.05. The van der Waals surface area contributed by atoms with E-state index >= 15 is 0 Å². The molecule has 0 spiro atoms. The molecular formula is C33H24N2O2. The van der Waals surface area contributed by atoms with Crippen LogP contribution in [-0.2, 0) is 11.3 Å². The highest BCUT2D eigenvalue weighted by Gasteiger charge is 2.09. The van der Waals surface area contributed by atoms with Crippen molar-refractivity contribution in [1.82, 2.24) is 9.97 Å². The van der Waals surface area contributed by atoms with Crippen LogP contribution >= 0.6 is 0 Å². The van der Waals surface area contributed by atoms with E-state index in [2.05, 4.69) is 47.4 Å². The summed E-state index contributed by atoms with van der Waals surface area (Å²) in [6, 6.07) is 34.0. The third-order valence-electron chi connectivity index (χ3n) is 6.48. The van der Waals surface area contributed by atoms with Crippen LogP contribution in [0.2, 0.25) is 0 Å². The molecule has 4 aromatic carbocycles. The van der Waals surface area contributed by atoms with Gasteiger partial charge in [-0.2, -0.15) is 0 Å². The molecule has 178 valence electrons. The van der Waals surface area contributed by atoms with Gasteiger partial charge in [-0.15, -0.1) is 0 Å². The lowest BCUT2D eigenvalue weighted by molar-refractivity contribution is 0.0473. The van der Waals surface area contributed by atoms with Gasteiger partial charge >= 0.3 is 5.97 Å². The summed E-state index contributed by atoms with van der Waals surface area (Å²) in [6.45, 7) is 2.16. The van der Waals surface area contributed by atoms with Gasteiger partial charge in [-0.05, 0) is 71.3 Å². The van der Waals surface area contributed by atoms with Gasteiger partial charge in [0.05, 0.1) is 22.3 Å². The maximum Gasteiger partial charge on any atom is 0.338 e. The van der Waals surface area contributed by atoms with Crippen molar-refractivity contribution in [3.8, 4) is 0 Å². The van der Waals surface area contributed by atoms with Crippen LogP contribution in [0, 0.1) is 6.92 Å². The third kappa shape index (κ3) is 4.82. The summed E-state index contributed by atoms with van der Waals surface area (Å²) in [5.41, 5.74) is 6.20. The molecule has 0 saturated carbocycles. The van der Waals surface area contributed by atoms with E-state index in [4.69, 9.17) is 9.72 Å². The van der Waals surface area contributed by atoms with Gasteiger partial charge in [0.15, 0.2) is 0 Å². The van der Waals surface area contributed by atoms with Gasteiger partial charge in [-0.1, -0.05) is 72.8 Å². The first-order chi connectivity index (χ1) is 18.1. The fourth-order valence-corrected chi connectivity index (χ4v) is 4.49. The quantitative estimate of drug-likeness (QED) is 0.187. The number of nitrogens with zero attached hydrogens (tertiary/aromatic N) is 2. The Morgan fingerprint density at radius 3 is 2.43 bits per heavy atom. The van der Waals surface area contributed by atoms with Gasteiger partial charge in [0.1, 0.15) is 6.61 Å². The molecule has 0 aliphatic heterocycles. The van der Waals surface area contributed by atoms with Crippen LogP contribution in [0.3, 0.4) is 0 Å². The van der Waals surface area contributed by atoms with Crippen molar-refractivity contribution in [3.05, 3.63) is 131 Å². The number of carbonyl (C=O) groups is 1. The van der Waals surface area contributed by atoms with E-state index in [1.807, 2.05) is 73.7 Å². The van der Waals surface area contributed by atoms with Crippen molar-refractivity contribution in [2.75, 3.05) is 0 Å². The molecule has 0 radical (unpaired) electrons. The number of aromatic nitrogens is 2. The predicted molar refractivity (Wildman–Crippen MR) is 150 cm³/mol. The molecule has 4 nitrogen and oxygen atoms in total. The van der Waals surface area contributed by atoms with E-state index in [9.17, 15) is 4.79 Å². The van der Waals surface area contributed by atoms with Crippen LogP contribution in [0.25, 0.3) is 44.7 Å². The van der Waals surface area contributed by atoms with Gasteiger partial charge in [0, 0.05) is 16.5 Å². The smallest absolute Gasteiger partial charge is 0.338 e. The van der Waals surface area contributed by atoms with Crippen molar-refractivity contribution in [2.45, 2.75) is 13.5 Å². The monoisotopic (exact) mass is 480 g/mol. The van der Waals surface area contributed by atoms with Gasteiger partial charge in [0.25, 0.3) is 0 Å². The second-order valence-electron chi connectivity index (χ2n) is 9.10. The Hall–Kier alpha value is -4.83. The lowest BCUT2D eigenvalue weighted by Gasteiger charge is -2.07. The number of pyridine rings is 2. The molecule has 2 heterocycles. The van der Waals surface area contributed by atoms with E-state index in [-0.39, 0.29) is 12.6 Å². The summed E-state index contributed by atoms with van der Waals surface area (Å²) in [5, 5.41) is 4.51. The molecule has 2 aromatic heterocycles. The third-order valence-corrected chi connectivity index (χ3v) is 6.48. The maximum absolute atomic E-state index is 12.6. The molecule has 0 aliphatic rings. The maximum atomic E-state index is 12.6. The SMILES string of the molecule is Cc1ccc2cc(C(=O)OCc3ccc(/C=C/c4ccc5c(ccc6ccccc65)n4)cc3)ccc2n1. The number of ether oxygens (including phenoxy) is 1. The minimum Gasteiger partial charge on any atom is -0.457 e. The van der Waals surface area contributed by atoms with E-state index in [1.54, 1.807) is 6.07 Å². The number of fused-ring (bicyclic) bond motifs is 4. The number of carbonyl (C=O) groups excluding carboxylic acids is 1. The van der Waals surface area contributed by atoms with Crippen LogP contribution < -0.4 is 0 Å². The summed E-state index contributed by atoms with van der Waals surface area (Å²) < 4.78 is 5.54. The topological polar surface area (TPSA) is 52.1 Å². The van der Waals surface area contributed by atoms with Crippen molar-refractivity contribution >= 4 is 50.7 Å². The van der Waals surface area contributed by atoms with Crippen molar-refractivity contribution < 1.29 is 9.53 Å². The Balaban J connectivity index is 1.11. The van der Waals surface area contributed by atoms with E-state index < -0.39 is 0 Å². The Kier molecular flexibility index (Phi) is 5.91. The van der Waals surface area contributed by atoms with Gasteiger partial charge in [-0.25, -0.2) is 9.78 Å². The van der Waals surface area contributed by atoms with Gasteiger partial charge < -0.3 is 4.74 Å². The summed E-state index contributed by atoms with van der Waals surface area (Å²) >= 11 is 0. The fourth-order valence-electron chi connectivity index (χ4n) is 4.49. The van der Waals surface area contributed by atoms with E-state index in [1.165, 1.54) is 10.8 Å². The first kappa shape index (κ1) is 22.6. The van der Waals surface area contributed by atoms with E-state index in [0.717, 1.165) is 44.3 Å². The molecule has 0 amide bonds. The van der Waals surface area contributed by atoms with Crippen LogP contribution in [0.4, 0.5) is 0 Å². The molecule has 0 unspecified atom stereocenters. The van der Waals surface area contributed by atoms with Crippen molar-refractivity contribution in [1.29, 1.82) is 0 Å². The molecule has 6 rings (SSSR count). The lowest BCUT2D eigenvalue weighted by atomic mass is 10.0. The predicted octanol–water partition coefficient (Wildman–Crippen LogP) is 7.77. The van der Waals surface area contributed by atoms with Crippen molar-refractivity contribution in [3.63, 3.8) is 0 Å². The molecule has 0 N–H and O–H groups in total. The molecule has 4 heteroatoms. The largest absolute Gasteiger partial charge is 0.457 e. The van der Waals surface area contributed by atoms with Crippen LogP contribution in [0.15, 0.2) is 103 Å². The average Bonchev–Trinajstić information content (AvgIpc) is 2.94. The zero-order valence-electron chi connectivity index (χ0n) is 20.4. The Morgan fingerprint density at radius 1 is 0.730 bits per heavy atom. The van der Waals surface area contributed by atoms with Crippen molar-refractivity contribution in [2.24, 2.45) is 0 Å². The number of hydrogen-bond acceptors (Lipinski definition) is 4. The average molecular weight is 481 g/mol. The van der Waals surface area contributed by atoms with Crippen LogP contribution in [-0.4, -0.2) is 15.9 Å².